The Morgan fingerprint density at radius 3 is 2.47 bits per heavy atom. The third-order valence-electron chi connectivity index (χ3n) is 5.05. The van der Waals surface area contributed by atoms with E-state index in [-0.39, 0.29) is 36.9 Å². The van der Waals surface area contributed by atoms with Crippen molar-refractivity contribution in [3.63, 3.8) is 0 Å². The summed E-state index contributed by atoms with van der Waals surface area (Å²) in [5, 5.41) is 6.42. The predicted molar refractivity (Wildman–Crippen MR) is 125 cm³/mol. The van der Waals surface area contributed by atoms with Crippen LogP contribution in [-0.2, 0) is 9.59 Å². The second kappa shape index (κ2) is 11.2. The molecule has 1 unspecified atom stereocenters. The van der Waals surface area contributed by atoms with E-state index in [2.05, 4.69) is 24.5 Å². The van der Waals surface area contributed by atoms with Crippen molar-refractivity contribution in [3.05, 3.63) is 53.1 Å². The molecule has 3 rings (SSSR count). The molecule has 0 saturated carbocycles. The zero-order valence-electron chi connectivity index (χ0n) is 18.7. The molecule has 2 aromatic rings. The number of nitrogens with one attached hydrogen (secondary N) is 2. The topological polar surface area (TPSA) is 79.9 Å². The first-order valence-electron chi connectivity index (χ1n) is 10.7. The van der Waals surface area contributed by atoms with Crippen molar-refractivity contribution < 1.29 is 19.1 Å². The van der Waals surface area contributed by atoms with Crippen LogP contribution >= 0.6 is 11.6 Å². The standard InChI is InChI=1S/C24H30ClN3O4/c1-16(2)24(17-8-9-20-21(12-17)32-11-5-10-31-20)27-23(30)15-28(3)14-22(29)26-19-7-4-6-18(25)13-19/h4,6-9,12-13,16,24H,5,10-11,14-15H2,1-3H3,(H,26,29)(H,27,30). The molecule has 1 atom stereocenters. The third-order valence-corrected chi connectivity index (χ3v) is 5.28. The van der Waals surface area contributed by atoms with Gasteiger partial charge in [0.1, 0.15) is 0 Å². The number of carbonyl (C=O) groups is 2. The van der Waals surface area contributed by atoms with Crippen LogP contribution in [-0.4, -0.2) is 50.1 Å². The zero-order valence-corrected chi connectivity index (χ0v) is 19.4. The van der Waals surface area contributed by atoms with Crippen LogP contribution in [0.15, 0.2) is 42.5 Å². The molecule has 7 nitrogen and oxygen atoms in total. The summed E-state index contributed by atoms with van der Waals surface area (Å²) in [6.45, 7) is 5.52. The molecule has 2 N–H and O–H groups in total. The molecule has 32 heavy (non-hydrogen) atoms. The number of hydrogen-bond donors (Lipinski definition) is 2. The molecule has 0 saturated heterocycles. The highest BCUT2D eigenvalue weighted by molar-refractivity contribution is 6.30. The van der Waals surface area contributed by atoms with E-state index in [1.165, 1.54) is 0 Å². The summed E-state index contributed by atoms with van der Waals surface area (Å²) < 4.78 is 11.5. The van der Waals surface area contributed by atoms with Gasteiger partial charge in [0.05, 0.1) is 32.3 Å². The lowest BCUT2D eigenvalue weighted by molar-refractivity contribution is -0.123. The normalized spacial score (nSPS) is 14.1. The molecule has 0 spiro atoms. The highest BCUT2D eigenvalue weighted by Gasteiger charge is 2.22. The Kier molecular flexibility index (Phi) is 8.36. The van der Waals surface area contributed by atoms with Gasteiger partial charge in [0.2, 0.25) is 11.8 Å². The number of halogens is 1. The van der Waals surface area contributed by atoms with Crippen molar-refractivity contribution in [2.24, 2.45) is 5.92 Å². The fourth-order valence-corrected chi connectivity index (χ4v) is 3.73. The van der Waals surface area contributed by atoms with Crippen molar-refractivity contribution in [2.45, 2.75) is 26.3 Å². The van der Waals surface area contributed by atoms with Crippen molar-refractivity contribution in [3.8, 4) is 11.5 Å². The quantitative estimate of drug-likeness (QED) is 0.626. The summed E-state index contributed by atoms with van der Waals surface area (Å²) in [5.41, 5.74) is 1.58. The van der Waals surface area contributed by atoms with Crippen LogP contribution in [0.1, 0.15) is 31.9 Å². The first kappa shape index (κ1) is 23.9. The van der Waals surface area contributed by atoms with E-state index in [1.54, 1.807) is 36.2 Å². The number of amides is 2. The Labute approximate surface area is 194 Å². The van der Waals surface area contributed by atoms with Crippen molar-refractivity contribution in [1.82, 2.24) is 10.2 Å². The van der Waals surface area contributed by atoms with Gasteiger partial charge in [-0.3, -0.25) is 14.5 Å². The molecule has 8 heteroatoms. The summed E-state index contributed by atoms with van der Waals surface area (Å²) in [6.07, 6.45) is 0.839. The van der Waals surface area contributed by atoms with Crippen molar-refractivity contribution >= 4 is 29.1 Å². The average Bonchev–Trinajstić information content (AvgIpc) is 2.96. The molecule has 0 aliphatic carbocycles. The monoisotopic (exact) mass is 459 g/mol. The van der Waals surface area contributed by atoms with Crippen LogP contribution < -0.4 is 20.1 Å². The molecule has 0 bridgehead atoms. The van der Waals surface area contributed by atoms with Crippen LogP contribution in [0.4, 0.5) is 5.69 Å². The van der Waals surface area contributed by atoms with Crippen LogP contribution in [0.5, 0.6) is 11.5 Å². The number of ether oxygens (including phenoxy) is 2. The van der Waals surface area contributed by atoms with Crippen molar-refractivity contribution in [1.29, 1.82) is 0 Å². The van der Waals surface area contributed by atoms with E-state index in [4.69, 9.17) is 21.1 Å². The van der Waals surface area contributed by atoms with Gasteiger partial charge < -0.3 is 20.1 Å². The Hall–Kier alpha value is -2.77. The number of rotatable bonds is 8. The summed E-state index contributed by atoms with van der Waals surface area (Å²) in [6, 6.07) is 12.5. The Morgan fingerprint density at radius 2 is 1.75 bits per heavy atom. The van der Waals surface area contributed by atoms with E-state index >= 15 is 0 Å². The molecule has 1 aliphatic heterocycles. The second-order valence-electron chi connectivity index (χ2n) is 8.28. The number of benzene rings is 2. The summed E-state index contributed by atoms with van der Waals surface area (Å²) in [7, 11) is 1.73. The summed E-state index contributed by atoms with van der Waals surface area (Å²) in [4.78, 5) is 26.7. The van der Waals surface area contributed by atoms with Gasteiger partial charge in [-0.05, 0) is 48.9 Å². The molecule has 2 amide bonds. The Morgan fingerprint density at radius 1 is 1.03 bits per heavy atom. The van der Waals surface area contributed by atoms with Crippen LogP contribution in [0, 0.1) is 5.92 Å². The fraction of sp³-hybridized carbons (Fsp3) is 0.417. The van der Waals surface area contributed by atoms with Crippen molar-refractivity contribution in [2.75, 3.05) is 38.7 Å². The molecule has 1 aliphatic rings. The van der Waals surface area contributed by atoms with Gasteiger partial charge in [-0.1, -0.05) is 37.6 Å². The third kappa shape index (κ3) is 6.87. The fourth-order valence-electron chi connectivity index (χ4n) is 3.54. The van der Waals surface area contributed by atoms with Gasteiger partial charge in [0.25, 0.3) is 0 Å². The average molecular weight is 460 g/mol. The van der Waals surface area contributed by atoms with Gasteiger partial charge >= 0.3 is 0 Å². The number of nitrogens with zero attached hydrogens (tertiary/aromatic N) is 1. The number of carbonyl (C=O) groups excluding carboxylic acids is 2. The highest BCUT2D eigenvalue weighted by atomic mass is 35.5. The number of fused-ring (bicyclic) bond motifs is 1. The van der Waals surface area contributed by atoms with E-state index < -0.39 is 0 Å². The minimum absolute atomic E-state index is 0.0797. The Bertz CT molecular complexity index is 951. The van der Waals surface area contributed by atoms with E-state index in [1.807, 2.05) is 18.2 Å². The lowest BCUT2D eigenvalue weighted by atomic mass is 9.95. The Balaban J connectivity index is 1.56. The zero-order chi connectivity index (χ0) is 23.1. The first-order valence-corrected chi connectivity index (χ1v) is 11.1. The SMILES string of the molecule is CC(C)C(NC(=O)CN(C)CC(=O)Nc1cccc(Cl)c1)c1ccc2c(c1)OCCCO2. The lowest BCUT2D eigenvalue weighted by Gasteiger charge is -2.25. The largest absolute Gasteiger partial charge is 0.490 e. The molecular weight excluding hydrogens is 430 g/mol. The van der Waals surface area contributed by atoms with E-state index in [0.717, 1.165) is 17.7 Å². The van der Waals surface area contributed by atoms with Gasteiger partial charge in [0.15, 0.2) is 11.5 Å². The maximum atomic E-state index is 12.7. The van der Waals surface area contributed by atoms with E-state index in [9.17, 15) is 9.59 Å². The second-order valence-corrected chi connectivity index (χ2v) is 8.71. The van der Waals surface area contributed by atoms with Gasteiger partial charge in [-0.15, -0.1) is 0 Å². The lowest BCUT2D eigenvalue weighted by Crippen LogP contribution is -2.41. The molecule has 2 aromatic carbocycles. The van der Waals surface area contributed by atoms with Crippen LogP contribution in [0.3, 0.4) is 0 Å². The molecular formula is C24H30ClN3O4. The summed E-state index contributed by atoms with van der Waals surface area (Å²) >= 11 is 5.95. The first-order chi connectivity index (χ1) is 15.3. The molecule has 0 fully saturated rings. The maximum absolute atomic E-state index is 12.7. The smallest absolute Gasteiger partial charge is 0.238 e. The molecule has 0 radical (unpaired) electrons. The number of anilines is 1. The molecule has 1 heterocycles. The number of likely N-dealkylation sites (N-methyl/N-ethyl adjacent to an activating group) is 1. The summed E-state index contributed by atoms with van der Waals surface area (Å²) in [5.74, 6) is 1.22. The minimum Gasteiger partial charge on any atom is -0.490 e. The van der Waals surface area contributed by atoms with Gasteiger partial charge in [-0.25, -0.2) is 0 Å². The van der Waals surface area contributed by atoms with E-state index in [0.29, 0.717) is 29.7 Å². The van der Waals surface area contributed by atoms with Crippen LogP contribution in [0.2, 0.25) is 5.02 Å². The molecule has 0 aromatic heterocycles. The predicted octanol–water partition coefficient (Wildman–Crippen LogP) is 3.89. The maximum Gasteiger partial charge on any atom is 0.238 e. The van der Waals surface area contributed by atoms with Gasteiger partial charge in [0, 0.05) is 17.1 Å². The number of hydrogen-bond acceptors (Lipinski definition) is 5. The van der Waals surface area contributed by atoms with Crippen LogP contribution in [0.25, 0.3) is 0 Å². The molecule has 172 valence electrons. The minimum atomic E-state index is -0.217. The highest BCUT2D eigenvalue weighted by Crippen LogP contribution is 2.34. The van der Waals surface area contributed by atoms with Gasteiger partial charge in [-0.2, -0.15) is 0 Å².